The molecule has 0 saturated carbocycles. The predicted octanol–water partition coefficient (Wildman–Crippen LogP) is 1.57. The number of aryl methyl sites for hydroxylation is 3. The lowest BCUT2D eigenvalue weighted by Gasteiger charge is -2.13. The van der Waals surface area contributed by atoms with Crippen LogP contribution in [0.1, 0.15) is 30.2 Å². The Labute approximate surface area is 157 Å². The van der Waals surface area contributed by atoms with Gasteiger partial charge in [-0.25, -0.2) is 14.6 Å². The third-order valence-corrected chi connectivity index (χ3v) is 4.08. The normalized spacial score (nSPS) is 12.0. The Bertz CT molecular complexity index is 916. The first-order chi connectivity index (χ1) is 12.9. The molecule has 0 aliphatic carbocycles. The Hall–Kier alpha value is -3.23. The molecule has 0 radical (unpaired) electrons. The first kappa shape index (κ1) is 18.6. The molecule has 142 valence electrons. The fraction of sp³-hybridized carbons (Fsp3) is 0.389. The number of carbonyl (C=O) groups excluding carboxylic acids is 1. The molecule has 9 nitrogen and oxygen atoms in total. The number of hydrogen-bond donors (Lipinski definition) is 2. The summed E-state index contributed by atoms with van der Waals surface area (Å²) in [6, 6.07) is 5.30. The molecule has 0 aromatic carbocycles. The molecule has 0 fully saturated rings. The Morgan fingerprint density at radius 3 is 2.67 bits per heavy atom. The van der Waals surface area contributed by atoms with Gasteiger partial charge >= 0.3 is 0 Å². The van der Waals surface area contributed by atoms with E-state index in [2.05, 4.69) is 30.8 Å². The summed E-state index contributed by atoms with van der Waals surface area (Å²) in [4.78, 5) is 21.0. The molecule has 1 amide bonds. The third-order valence-electron chi connectivity index (χ3n) is 4.08. The van der Waals surface area contributed by atoms with Crippen LogP contribution in [0.4, 0.5) is 5.82 Å². The van der Waals surface area contributed by atoms with E-state index in [4.69, 9.17) is 0 Å². The van der Waals surface area contributed by atoms with Gasteiger partial charge in [0.2, 0.25) is 5.91 Å². The maximum Gasteiger partial charge on any atom is 0.244 e. The number of nitrogens with zero attached hydrogens (tertiary/aromatic N) is 6. The van der Waals surface area contributed by atoms with Crippen molar-refractivity contribution >= 4 is 11.7 Å². The summed E-state index contributed by atoms with van der Waals surface area (Å²) in [6.07, 6.45) is 3.43. The van der Waals surface area contributed by atoms with Crippen LogP contribution in [-0.2, 0) is 4.79 Å². The van der Waals surface area contributed by atoms with Crippen molar-refractivity contribution in [3.63, 3.8) is 0 Å². The predicted molar refractivity (Wildman–Crippen MR) is 102 cm³/mol. The minimum atomic E-state index is -0.348. The highest BCUT2D eigenvalue weighted by Gasteiger charge is 2.14. The number of carbonyl (C=O) groups is 1. The topological polar surface area (TPSA) is 103 Å². The molecule has 1 atom stereocenters. The summed E-state index contributed by atoms with van der Waals surface area (Å²) in [6.45, 7) is 8.61. The summed E-state index contributed by atoms with van der Waals surface area (Å²) in [7, 11) is 0. The maximum absolute atomic E-state index is 12.1. The SMILES string of the molecule is Cc1cc(C)n(-c2cc(NCCNC(=O)[C@H](C)n3cccn3)nc(C)n2)n1. The van der Waals surface area contributed by atoms with Gasteiger partial charge in [0.05, 0.1) is 5.69 Å². The molecular weight excluding hydrogens is 344 g/mol. The Morgan fingerprint density at radius 1 is 1.19 bits per heavy atom. The van der Waals surface area contributed by atoms with E-state index in [1.165, 1.54) is 0 Å². The van der Waals surface area contributed by atoms with E-state index in [0.29, 0.717) is 30.5 Å². The molecule has 27 heavy (non-hydrogen) atoms. The van der Waals surface area contributed by atoms with Crippen LogP contribution in [0.25, 0.3) is 5.82 Å². The second-order valence-electron chi connectivity index (χ2n) is 6.38. The number of anilines is 1. The zero-order valence-corrected chi connectivity index (χ0v) is 16.0. The molecule has 9 heteroatoms. The van der Waals surface area contributed by atoms with Crippen molar-refractivity contribution in [2.45, 2.75) is 33.7 Å². The molecule has 0 saturated heterocycles. The summed E-state index contributed by atoms with van der Waals surface area (Å²) >= 11 is 0. The zero-order chi connectivity index (χ0) is 19.4. The molecule has 0 aliphatic rings. The van der Waals surface area contributed by atoms with Gasteiger partial charge in [-0.1, -0.05) is 0 Å². The van der Waals surface area contributed by atoms with Gasteiger partial charge in [0.25, 0.3) is 0 Å². The Balaban J connectivity index is 1.57. The van der Waals surface area contributed by atoms with Crippen LogP contribution in [0.2, 0.25) is 0 Å². The van der Waals surface area contributed by atoms with Gasteiger partial charge < -0.3 is 10.6 Å². The van der Waals surface area contributed by atoms with E-state index in [0.717, 1.165) is 11.4 Å². The highest BCUT2D eigenvalue weighted by atomic mass is 16.2. The van der Waals surface area contributed by atoms with Crippen LogP contribution >= 0.6 is 0 Å². The van der Waals surface area contributed by atoms with E-state index in [9.17, 15) is 4.79 Å². The Kier molecular flexibility index (Phi) is 5.49. The fourth-order valence-electron chi connectivity index (χ4n) is 2.77. The number of amides is 1. The van der Waals surface area contributed by atoms with Gasteiger partial charge in [-0.2, -0.15) is 10.2 Å². The summed E-state index contributed by atoms with van der Waals surface area (Å²) in [5, 5.41) is 14.7. The summed E-state index contributed by atoms with van der Waals surface area (Å²) in [5.41, 5.74) is 1.95. The lowest BCUT2D eigenvalue weighted by Crippen LogP contribution is -2.34. The monoisotopic (exact) mass is 368 g/mol. The maximum atomic E-state index is 12.1. The van der Waals surface area contributed by atoms with Crippen molar-refractivity contribution < 1.29 is 4.79 Å². The molecular formula is C18H24N8O. The molecule has 3 aromatic heterocycles. The van der Waals surface area contributed by atoms with Crippen molar-refractivity contribution in [2.75, 3.05) is 18.4 Å². The minimum Gasteiger partial charge on any atom is -0.368 e. The van der Waals surface area contributed by atoms with Gasteiger partial charge in [0.15, 0.2) is 5.82 Å². The van der Waals surface area contributed by atoms with Crippen molar-refractivity contribution in [1.82, 2.24) is 34.8 Å². The van der Waals surface area contributed by atoms with Crippen molar-refractivity contribution in [2.24, 2.45) is 0 Å². The van der Waals surface area contributed by atoms with Crippen LogP contribution in [-0.4, -0.2) is 48.5 Å². The van der Waals surface area contributed by atoms with E-state index in [-0.39, 0.29) is 11.9 Å². The standard InChI is InChI=1S/C18H24N8O/c1-12-10-13(2)26(24-12)17-11-16(22-15(4)23-17)19-7-8-20-18(27)14(3)25-9-5-6-21-25/h5-6,9-11,14H,7-8H2,1-4H3,(H,20,27)(H,19,22,23)/t14-/m0/s1. The van der Waals surface area contributed by atoms with Crippen LogP contribution in [0.5, 0.6) is 0 Å². The molecule has 0 spiro atoms. The molecule has 2 N–H and O–H groups in total. The van der Waals surface area contributed by atoms with E-state index in [1.54, 1.807) is 27.8 Å². The average molecular weight is 368 g/mol. The van der Waals surface area contributed by atoms with Gasteiger partial charge in [0.1, 0.15) is 17.7 Å². The van der Waals surface area contributed by atoms with Gasteiger partial charge in [-0.05, 0) is 39.8 Å². The minimum absolute atomic E-state index is 0.0808. The lowest BCUT2D eigenvalue weighted by atomic mass is 10.3. The molecule has 0 bridgehead atoms. The highest BCUT2D eigenvalue weighted by molar-refractivity contribution is 5.79. The third kappa shape index (κ3) is 4.49. The van der Waals surface area contributed by atoms with Gasteiger partial charge in [-0.15, -0.1) is 0 Å². The van der Waals surface area contributed by atoms with Crippen molar-refractivity contribution in [3.05, 3.63) is 47.8 Å². The zero-order valence-electron chi connectivity index (χ0n) is 16.0. The van der Waals surface area contributed by atoms with Crippen LogP contribution in [0.3, 0.4) is 0 Å². The van der Waals surface area contributed by atoms with Crippen LogP contribution in [0, 0.1) is 20.8 Å². The summed E-state index contributed by atoms with van der Waals surface area (Å²) < 4.78 is 3.42. The van der Waals surface area contributed by atoms with Crippen LogP contribution < -0.4 is 10.6 Å². The quantitative estimate of drug-likeness (QED) is 0.614. The number of aromatic nitrogens is 6. The van der Waals surface area contributed by atoms with Crippen molar-refractivity contribution in [3.8, 4) is 5.82 Å². The smallest absolute Gasteiger partial charge is 0.244 e. The van der Waals surface area contributed by atoms with Crippen molar-refractivity contribution in [1.29, 1.82) is 0 Å². The summed E-state index contributed by atoms with van der Waals surface area (Å²) in [5.74, 6) is 1.98. The van der Waals surface area contributed by atoms with E-state index < -0.39 is 0 Å². The number of nitrogens with one attached hydrogen (secondary N) is 2. The number of rotatable bonds is 7. The van der Waals surface area contributed by atoms with Gasteiger partial charge in [-0.3, -0.25) is 9.48 Å². The molecule has 3 rings (SSSR count). The largest absolute Gasteiger partial charge is 0.368 e. The van der Waals surface area contributed by atoms with Crippen LogP contribution in [0.15, 0.2) is 30.6 Å². The second kappa shape index (κ2) is 7.98. The Morgan fingerprint density at radius 2 is 2.00 bits per heavy atom. The fourth-order valence-corrected chi connectivity index (χ4v) is 2.77. The molecule has 0 unspecified atom stereocenters. The molecule has 3 aromatic rings. The lowest BCUT2D eigenvalue weighted by molar-refractivity contribution is -0.124. The van der Waals surface area contributed by atoms with E-state index in [1.807, 2.05) is 39.8 Å². The molecule has 0 aliphatic heterocycles. The number of hydrogen-bond acceptors (Lipinski definition) is 6. The van der Waals surface area contributed by atoms with Gasteiger partial charge in [0, 0.05) is 37.2 Å². The second-order valence-corrected chi connectivity index (χ2v) is 6.38. The highest BCUT2D eigenvalue weighted by Crippen LogP contribution is 2.13. The molecule has 3 heterocycles. The first-order valence-corrected chi connectivity index (χ1v) is 8.84. The first-order valence-electron chi connectivity index (χ1n) is 8.84. The average Bonchev–Trinajstić information content (AvgIpc) is 3.27. The van der Waals surface area contributed by atoms with E-state index >= 15 is 0 Å².